The van der Waals surface area contributed by atoms with E-state index in [1.807, 2.05) is 0 Å². The molecule has 2 aromatic rings. The summed E-state index contributed by atoms with van der Waals surface area (Å²) in [5, 5.41) is 5.09. The van der Waals surface area contributed by atoms with Crippen LogP contribution in [0.3, 0.4) is 0 Å². The first-order chi connectivity index (χ1) is 14.8. The van der Waals surface area contributed by atoms with Crippen LogP contribution >= 0.6 is 0 Å². The van der Waals surface area contributed by atoms with E-state index in [-0.39, 0.29) is 24.5 Å². The molecular formula is C19H20F5N5O2. The van der Waals surface area contributed by atoms with Crippen LogP contribution in [0.1, 0.15) is 29.3 Å². The van der Waals surface area contributed by atoms with Crippen molar-refractivity contribution in [2.75, 3.05) is 24.0 Å². The Balaban J connectivity index is 1.83. The molecule has 0 radical (unpaired) electrons. The summed E-state index contributed by atoms with van der Waals surface area (Å²) >= 11 is 0. The summed E-state index contributed by atoms with van der Waals surface area (Å²) in [4.78, 5) is 20.9. The van der Waals surface area contributed by atoms with Gasteiger partial charge in [-0.05, 0) is 19.1 Å². The molecule has 1 aromatic heterocycles. The van der Waals surface area contributed by atoms with Gasteiger partial charge < -0.3 is 15.4 Å². The van der Waals surface area contributed by atoms with Gasteiger partial charge in [-0.15, -0.1) is 0 Å². The van der Waals surface area contributed by atoms with Crippen molar-refractivity contribution in [1.82, 2.24) is 14.9 Å². The zero-order chi connectivity index (χ0) is 22.6. The molecule has 1 saturated heterocycles. The monoisotopic (exact) mass is 445 g/mol. The zero-order valence-corrected chi connectivity index (χ0v) is 16.4. The van der Waals surface area contributed by atoms with Crippen molar-refractivity contribution < 1.29 is 31.5 Å². The van der Waals surface area contributed by atoms with Crippen molar-refractivity contribution >= 4 is 17.7 Å². The van der Waals surface area contributed by atoms with Gasteiger partial charge >= 0.3 is 6.18 Å². The first-order valence-electron chi connectivity index (χ1n) is 9.40. The molecule has 0 spiro atoms. The molecule has 2 N–H and O–H groups in total. The van der Waals surface area contributed by atoms with E-state index in [2.05, 4.69) is 20.6 Å². The molecule has 0 aliphatic carbocycles. The van der Waals surface area contributed by atoms with E-state index in [1.165, 1.54) is 12.1 Å². The average molecular weight is 445 g/mol. The highest BCUT2D eigenvalue weighted by Crippen LogP contribution is 2.35. The van der Waals surface area contributed by atoms with Gasteiger partial charge in [0, 0.05) is 24.7 Å². The molecule has 1 aromatic carbocycles. The van der Waals surface area contributed by atoms with E-state index in [4.69, 9.17) is 4.74 Å². The topological polar surface area (TPSA) is 79.4 Å². The third-order valence-corrected chi connectivity index (χ3v) is 4.63. The van der Waals surface area contributed by atoms with Crippen LogP contribution in [0.15, 0.2) is 36.5 Å². The van der Waals surface area contributed by atoms with Crippen LogP contribution in [0, 0.1) is 0 Å². The van der Waals surface area contributed by atoms with Crippen LogP contribution < -0.4 is 10.6 Å². The number of likely N-dealkylation sites (tertiary alicyclic amines) is 1. The number of amides is 1. The maximum atomic E-state index is 15.2. The maximum absolute atomic E-state index is 15.2. The SMILES string of the molecule is CCNc1nc(NC2CC(OCF)N(C(=O)c3ccccc3)C2F)ncc1C(F)(F)F. The van der Waals surface area contributed by atoms with Crippen molar-refractivity contribution in [2.24, 2.45) is 0 Å². The molecule has 7 nitrogen and oxygen atoms in total. The third-order valence-electron chi connectivity index (χ3n) is 4.63. The number of hydrogen-bond acceptors (Lipinski definition) is 6. The Hall–Kier alpha value is -3.02. The largest absolute Gasteiger partial charge is 0.421 e. The number of alkyl halides is 5. The first-order valence-corrected chi connectivity index (χ1v) is 9.40. The van der Waals surface area contributed by atoms with Crippen LogP contribution in [-0.4, -0.2) is 52.7 Å². The quantitative estimate of drug-likeness (QED) is 0.498. The molecule has 3 atom stereocenters. The lowest BCUT2D eigenvalue weighted by Gasteiger charge is -2.26. The molecule has 3 rings (SSSR count). The summed E-state index contributed by atoms with van der Waals surface area (Å²) in [5.74, 6) is -1.45. The Kier molecular flexibility index (Phi) is 6.88. The van der Waals surface area contributed by atoms with E-state index in [0.717, 1.165) is 4.90 Å². The number of hydrogen-bond donors (Lipinski definition) is 2. The number of nitrogens with zero attached hydrogens (tertiary/aromatic N) is 3. The summed E-state index contributed by atoms with van der Waals surface area (Å²) in [5.41, 5.74) is -0.888. The number of carbonyl (C=O) groups is 1. The molecule has 2 heterocycles. The molecule has 0 bridgehead atoms. The summed E-state index contributed by atoms with van der Waals surface area (Å²) in [6.45, 7) is 0.514. The highest BCUT2D eigenvalue weighted by Gasteiger charge is 2.46. The van der Waals surface area contributed by atoms with Gasteiger partial charge in [-0.2, -0.15) is 18.2 Å². The third kappa shape index (κ3) is 5.01. The van der Waals surface area contributed by atoms with Crippen LogP contribution in [0.5, 0.6) is 0 Å². The van der Waals surface area contributed by atoms with Crippen LogP contribution in [0.4, 0.5) is 33.7 Å². The van der Waals surface area contributed by atoms with Gasteiger partial charge in [0.2, 0.25) is 5.95 Å². The zero-order valence-electron chi connectivity index (χ0n) is 16.4. The lowest BCUT2D eigenvalue weighted by atomic mass is 10.2. The summed E-state index contributed by atoms with van der Waals surface area (Å²) in [6.07, 6.45) is -7.43. The number of halogens is 5. The second-order valence-electron chi connectivity index (χ2n) is 6.65. The van der Waals surface area contributed by atoms with Crippen molar-refractivity contribution in [2.45, 2.75) is 38.1 Å². The van der Waals surface area contributed by atoms with Gasteiger partial charge in [0.1, 0.15) is 17.6 Å². The van der Waals surface area contributed by atoms with Gasteiger partial charge in [-0.1, -0.05) is 18.2 Å². The Bertz CT molecular complexity index is 899. The van der Waals surface area contributed by atoms with Crippen molar-refractivity contribution in [1.29, 1.82) is 0 Å². The van der Waals surface area contributed by atoms with Crippen LogP contribution in [0.25, 0.3) is 0 Å². The van der Waals surface area contributed by atoms with E-state index >= 15 is 4.39 Å². The predicted octanol–water partition coefficient (Wildman–Crippen LogP) is 3.82. The Labute approximate surface area is 174 Å². The lowest BCUT2D eigenvalue weighted by molar-refractivity contribution is -0.137. The molecule has 1 fully saturated rings. The lowest BCUT2D eigenvalue weighted by Crippen LogP contribution is -2.43. The van der Waals surface area contributed by atoms with Gasteiger partial charge in [0.15, 0.2) is 13.2 Å². The van der Waals surface area contributed by atoms with Crippen molar-refractivity contribution in [3.63, 3.8) is 0 Å². The molecule has 0 saturated carbocycles. The minimum Gasteiger partial charge on any atom is -0.370 e. The summed E-state index contributed by atoms with van der Waals surface area (Å²) in [6, 6.07) is 6.69. The maximum Gasteiger partial charge on any atom is 0.421 e. The number of aromatic nitrogens is 2. The minimum atomic E-state index is -4.68. The summed E-state index contributed by atoms with van der Waals surface area (Å²) < 4.78 is 72.2. The minimum absolute atomic E-state index is 0.162. The van der Waals surface area contributed by atoms with Crippen LogP contribution in [-0.2, 0) is 10.9 Å². The molecule has 1 aliphatic heterocycles. The highest BCUT2D eigenvalue weighted by atomic mass is 19.4. The molecule has 1 amide bonds. The van der Waals surface area contributed by atoms with Crippen molar-refractivity contribution in [3.05, 3.63) is 47.7 Å². The molecule has 3 unspecified atom stereocenters. The van der Waals surface area contributed by atoms with Gasteiger partial charge in [0.05, 0.1) is 6.04 Å². The average Bonchev–Trinajstić information content (AvgIpc) is 3.03. The second-order valence-corrected chi connectivity index (χ2v) is 6.65. The fraction of sp³-hybridized carbons (Fsp3) is 0.421. The number of anilines is 2. The Morgan fingerprint density at radius 1 is 1.29 bits per heavy atom. The predicted molar refractivity (Wildman–Crippen MR) is 102 cm³/mol. The first kappa shape index (κ1) is 22.7. The molecular weight excluding hydrogens is 425 g/mol. The van der Waals surface area contributed by atoms with E-state index in [9.17, 15) is 22.4 Å². The second kappa shape index (κ2) is 9.41. The normalized spacial score (nSPS) is 21.2. The van der Waals surface area contributed by atoms with Crippen LogP contribution in [0.2, 0.25) is 0 Å². The molecule has 12 heteroatoms. The summed E-state index contributed by atoms with van der Waals surface area (Å²) in [7, 11) is 0. The number of carbonyl (C=O) groups excluding carboxylic acids is 1. The van der Waals surface area contributed by atoms with E-state index in [0.29, 0.717) is 6.20 Å². The van der Waals surface area contributed by atoms with Gasteiger partial charge in [-0.3, -0.25) is 9.69 Å². The van der Waals surface area contributed by atoms with Gasteiger partial charge in [-0.25, -0.2) is 13.8 Å². The Morgan fingerprint density at radius 2 is 2.00 bits per heavy atom. The fourth-order valence-electron chi connectivity index (χ4n) is 3.24. The number of benzene rings is 1. The van der Waals surface area contributed by atoms with Crippen molar-refractivity contribution in [3.8, 4) is 0 Å². The highest BCUT2D eigenvalue weighted by molar-refractivity contribution is 5.94. The number of nitrogens with one attached hydrogen (secondary N) is 2. The van der Waals surface area contributed by atoms with E-state index < -0.39 is 48.9 Å². The van der Waals surface area contributed by atoms with Gasteiger partial charge in [0.25, 0.3) is 5.91 Å². The number of rotatable bonds is 7. The Morgan fingerprint density at radius 3 is 2.61 bits per heavy atom. The molecule has 1 aliphatic rings. The fourth-order valence-corrected chi connectivity index (χ4v) is 3.24. The molecule has 31 heavy (non-hydrogen) atoms. The van der Waals surface area contributed by atoms with E-state index in [1.54, 1.807) is 25.1 Å². The molecule has 168 valence electrons. The smallest absolute Gasteiger partial charge is 0.370 e. The standard InChI is InChI=1S/C19H20F5N5O2/c1-2-25-16-12(19(22,23)24)9-26-18(28-16)27-13-8-14(31-10-20)29(15(13)21)17(30)11-6-4-3-5-7-11/h3-7,9,13-15H,2,8,10H2,1H3,(H2,25,26,27,28). The number of ether oxygens (including phenoxy) is 1.